The molecular formula is C34H38ClF3N8O. The molecule has 0 spiro atoms. The topological polar surface area (TPSA) is 101 Å². The second-order valence-corrected chi connectivity index (χ2v) is 13.3. The molecule has 2 N–H and O–H groups in total. The summed E-state index contributed by atoms with van der Waals surface area (Å²) in [5.41, 5.74) is 1.40. The number of pyridine rings is 2. The number of anilines is 2. The second-order valence-electron chi connectivity index (χ2n) is 13.3. The Labute approximate surface area is 277 Å². The molecular weight excluding hydrogens is 629 g/mol. The van der Waals surface area contributed by atoms with Crippen LogP contribution in [0.3, 0.4) is 0 Å². The Bertz CT molecular complexity index is 1770. The van der Waals surface area contributed by atoms with Gasteiger partial charge in [0.1, 0.15) is 23.8 Å². The molecule has 248 valence electrons. The van der Waals surface area contributed by atoms with Crippen molar-refractivity contribution in [2.24, 2.45) is 7.05 Å². The highest BCUT2D eigenvalue weighted by molar-refractivity contribution is 6.10. The van der Waals surface area contributed by atoms with Gasteiger partial charge in [-0.1, -0.05) is 6.42 Å². The van der Waals surface area contributed by atoms with Crippen molar-refractivity contribution < 1.29 is 18.0 Å². The lowest BCUT2D eigenvalue weighted by molar-refractivity contribution is -0.138. The van der Waals surface area contributed by atoms with Gasteiger partial charge >= 0.3 is 6.18 Å². The second kappa shape index (κ2) is 12.5. The summed E-state index contributed by atoms with van der Waals surface area (Å²) in [7, 11) is 1.91. The van der Waals surface area contributed by atoms with E-state index in [0.717, 1.165) is 55.5 Å². The number of nitrogens with zero attached hydrogens (tertiary/aromatic N) is 6. The molecule has 2 aliphatic carbocycles. The number of fused-ring (bicyclic) bond motifs is 1. The number of halogens is 4. The van der Waals surface area contributed by atoms with Gasteiger partial charge in [0.25, 0.3) is 5.91 Å². The van der Waals surface area contributed by atoms with Gasteiger partial charge in [-0.25, -0.2) is 4.98 Å². The van der Waals surface area contributed by atoms with Crippen molar-refractivity contribution in [3.8, 4) is 0 Å². The molecule has 1 aliphatic heterocycles. The lowest BCUT2D eigenvalue weighted by Gasteiger charge is -2.42. The number of alkyl halides is 3. The average Bonchev–Trinajstić information content (AvgIpc) is 3.57. The third-order valence-corrected chi connectivity index (χ3v) is 10.1. The van der Waals surface area contributed by atoms with E-state index in [0.29, 0.717) is 30.2 Å². The molecule has 13 heteroatoms. The molecule has 1 aromatic carbocycles. The van der Waals surface area contributed by atoms with E-state index in [4.69, 9.17) is 4.98 Å². The molecule has 4 aromatic rings. The first kappa shape index (κ1) is 32.9. The molecule has 2 saturated carbocycles. The van der Waals surface area contributed by atoms with E-state index in [1.165, 1.54) is 11.0 Å². The lowest BCUT2D eigenvalue weighted by atomic mass is 9.62. The van der Waals surface area contributed by atoms with E-state index in [9.17, 15) is 18.0 Å². The summed E-state index contributed by atoms with van der Waals surface area (Å²) in [5.74, 6) is 1.25. The minimum absolute atomic E-state index is 0. The summed E-state index contributed by atoms with van der Waals surface area (Å²) < 4.78 is 45.3. The standard InChI is InChI=1S/C34H37F3N8O.ClH/c1-32(7-3-8-32)40-19-23-13-25-26(27(14-23)34(35,36)37)20-45(31(25)46)29-16-24(15-28(42-29)39-18-22-5-11-38-12-6-22)33(9-4-10-33)17-30-43-41-21-44(30)2;/h5-6,11-16,21,40H,3-4,7-10,17-20H2,1-2H3,(H,39,42);1H. The summed E-state index contributed by atoms with van der Waals surface area (Å²) in [6, 6.07) is 10.5. The Kier molecular flexibility index (Phi) is 8.77. The quantitative estimate of drug-likeness (QED) is 0.199. The number of benzene rings is 1. The van der Waals surface area contributed by atoms with Crippen LogP contribution in [0, 0.1) is 0 Å². The van der Waals surface area contributed by atoms with Crippen molar-refractivity contribution >= 4 is 29.9 Å². The van der Waals surface area contributed by atoms with Gasteiger partial charge < -0.3 is 15.2 Å². The van der Waals surface area contributed by atoms with Gasteiger partial charge in [0.05, 0.1) is 12.1 Å². The van der Waals surface area contributed by atoms with Crippen LogP contribution < -0.4 is 15.5 Å². The highest BCUT2D eigenvalue weighted by atomic mass is 35.5. The normalized spacial score (nSPS) is 17.8. The molecule has 47 heavy (non-hydrogen) atoms. The first-order valence-electron chi connectivity index (χ1n) is 15.8. The number of carbonyl (C=O) groups excluding carboxylic acids is 1. The zero-order valence-electron chi connectivity index (χ0n) is 26.4. The molecule has 0 bridgehead atoms. The van der Waals surface area contributed by atoms with Gasteiger partial charge in [0.2, 0.25) is 0 Å². The zero-order chi connectivity index (χ0) is 32.1. The fraction of sp³-hybridized carbons (Fsp3) is 0.441. The van der Waals surface area contributed by atoms with Gasteiger partial charge in [-0.05, 0) is 97.7 Å². The van der Waals surface area contributed by atoms with Crippen molar-refractivity contribution in [2.45, 2.75) is 88.6 Å². The number of rotatable bonds is 10. The Morgan fingerprint density at radius 1 is 0.979 bits per heavy atom. The molecule has 7 rings (SSSR count). The maximum atomic E-state index is 14.5. The molecule has 1 amide bonds. The first-order chi connectivity index (χ1) is 22.0. The first-order valence-corrected chi connectivity index (χ1v) is 15.8. The van der Waals surface area contributed by atoms with Crippen molar-refractivity contribution in [3.05, 3.63) is 94.3 Å². The van der Waals surface area contributed by atoms with Crippen molar-refractivity contribution in [1.82, 2.24) is 30.0 Å². The van der Waals surface area contributed by atoms with E-state index < -0.39 is 17.6 Å². The van der Waals surface area contributed by atoms with Gasteiger partial charge in [0, 0.05) is 55.5 Å². The predicted octanol–water partition coefficient (Wildman–Crippen LogP) is 6.51. The monoisotopic (exact) mass is 666 g/mol. The number of carbonyl (C=O) groups is 1. The molecule has 0 radical (unpaired) electrons. The van der Waals surface area contributed by atoms with E-state index in [1.807, 2.05) is 35.9 Å². The van der Waals surface area contributed by atoms with Gasteiger partial charge in [-0.2, -0.15) is 13.2 Å². The summed E-state index contributed by atoms with van der Waals surface area (Å²) in [6.07, 6.45) is 7.07. The van der Waals surface area contributed by atoms with Crippen LogP contribution in [-0.4, -0.2) is 36.2 Å². The van der Waals surface area contributed by atoms with Crippen molar-refractivity contribution in [1.29, 1.82) is 0 Å². The van der Waals surface area contributed by atoms with Crippen molar-refractivity contribution in [2.75, 3.05) is 10.2 Å². The van der Waals surface area contributed by atoms with Crippen LogP contribution in [0.2, 0.25) is 0 Å². The molecule has 3 aliphatic rings. The third kappa shape index (κ3) is 6.45. The largest absolute Gasteiger partial charge is 0.416 e. The number of aromatic nitrogens is 5. The molecule has 3 aromatic heterocycles. The molecule has 4 heterocycles. The fourth-order valence-corrected chi connectivity index (χ4v) is 6.89. The van der Waals surface area contributed by atoms with Gasteiger partial charge in [-0.15, -0.1) is 22.6 Å². The fourth-order valence-electron chi connectivity index (χ4n) is 6.89. The van der Waals surface area contributed by atoms with Crippen LogP contribution in [0.1, 0.15) is 89.4 Å². The van der Waals surface area contributed by atoms with Crippen LogP contribution in [0.25, 0.3) is 0 Å². The van der Waals surface area contributed by atoms with Crippen LogP contribution in [-0.2, 0) is 44.7 Å². The maximum absolute atomic E-state index is 14.5. The molecule has 0 saturated heterocycles. The average molecular weight is 667 g/mol. The summed E-state index contributed by atoms with van der Waals surface area (Å²) >= 11 is 0. The summed E-state index contributed by atoms with van der Waals surface area (Å²) in [5, 5.41) is 15.2. The van der Waals surface area contributed by atoms with Crippen LogP contribution >= 0.6 is 12.4 Å². The Hall–Kier alpha value is -4.03. The van der Waals surface area contributed by atoms with Crippen LogP contribution in [0.5, 0.6) is 0 Å². The third-order valence-electron chi connectivity index (χ3n) is 10.1. The highest BCUT2D eigenvalue weighted by Crippen LogP contribution is 2.48. The van der Waals surface area contributed by atoms with Gasteiger partial charge in [-0.3, -0.25) is 14.7 Å². The van der Waals surface area contributed by atoms with Crippen LogP contribution in [0.15, 0.2) is 55.1 Å². The molecule has 9 nitrogen and oxygen atoms in total. The smallest absolute Gasteiger partial charge is 0.366 e. The van der Waals surface area contributed by atoms with Gasteiger partial charge in [0.15, 0.2) is 0 Å². The number of nitrogens with one attached hydrogen (secondary N) is 2. The van der Waals surface area contributed by atoms with E-state index in [-0.39, 0.29) is 47.6 Å². The maximum Gasteiger partial charge on any atom is 0.416 e. The SMILES string of the molecule is Cl.Cn1cnnc1CC1(c2cc(NCc3ccncc3)nc(N3Cc4c(cc(CNC5(C)CCC5)cc4C(F)(F)F)C3=O)c2)CCC1. The molecule has 0 unspecified atom stereocenters. The molecule has 0 atom stereocenters. The summed E-state index contributed by atoms with van der Waals surface area (Å²) in [4.78, 5) is 24.3. The lowest BCUT2D eigenvalue weighted by Crippen LogP contribution is -2.47. The number of hydrogen-bond donors (Lipinski definition) is 2. The minimum atomic E-state index is -4.60. The van der Waals surface area contributed by atoms with Crippen LogP contribution in [0.4, 0.5) is 24.8 Å². The number of aryl methyl sites for hydroxylation is 1. The molecule has 2 fully saturated rings. The van der Waals surface area contributed by atoms with E-state index in [2.05, 4.69) is 32.7 Å². The van der Waals surface area contributed by atoms with Crippen molar-refractivity contribution in [3.63, 3.8) is 0 Å². The summed E-state index contributed by atoms with van der Waals surface area (Å²) in [6.45, 7) is 2.61. The zero-order valence-corrected chi connectivity index (χ0v) is 27.2. The minimum Gasteiger partial charge on any atom is -0.366 e. The number of amides is 1. The van der Waals surface area contributed by atoms with E-state index >= 15 is 0 Å². The highest BCUT2D eigenvalue weighted by Gasteiger charge is 2.43. The van der Waals surface area contributed by atoms with E-state index in [1.54, 1.807) is 24.8 Å². The number of hydrogen-bond acceptors (Lipinski definition) is 7. The Balaban J connectivity index is 0.00000386. The Morgan fingerprint density at radius 2 is 1.72 bits per heavy atom. The Morgan fingerprint density at radius 3 is 2.34 bits per heavy atom. The predicted molar refractivity (Wildman–Crippen MR) is 174 cm³/mol.